The number of nitrogens with one attached hydrogen (secondary N) is 2. The number of benzene rings is 1. The number of carboxylic acids is 1. The topological polar surface area (TPSA) is 130 Å². The quantitative estimate of drug-likeness (QED) is 0.334. The van der Waals surface area contributed by atoms with Crippen molar-refractivity contribution in [3.63, 3.8) is 0 Å². The maximum atomic E-state index is 12.6. The summed E-state index contributed by atoms with van der Waals surface area (Å²) in [6.07, 6.45) is -9.92. The molecule has 1 rings (SSSR count). The number of sulfonamides is 2. The van der Waals surface area contributed by atoms with Gasteiger partial charge in [-0.25, -0.2) is 16.8 Å². The number of carboxylic acid groups (broad SMARTS) is 1. The molecule has 3 N–H and O–H groups in total. The minimum absolute atomic E-state index is 0.294. The van der Waals surface area contributed by atoms with Gasteiger partial charge in [0.05, 0.1) is 0 Å². The predicted octanol–water partition coefficient (Wildman–Crippen LogP) is 2.84. The largest absolute Gasteiger partial charge is 0.481 e. The lowest BCUT2D eigenvalue weighted by Gasteiger charge is -2.21. The van der Waals surface area contributed by atoms with Crippen LogP contribution in [-0.2, 0) is 24.8 Å². The van der Waals surface area contributed by atoms with Crippen molar-refractivity contribution >= 4 is 48.6 Å². The molecular weight excluding hydrogens is 597 g/mol. The number of hydrogen-bond donors (Lipinski definition) is 3. The van der Waals surface area contributed by atoms with Crippen LogP contribution in [0.25, 0.3) is 0 Å². The first-order valence-electron chi connectivity index (χ1n) is 7.79. The Morgan fingerprint density at radius 3 is 1.65 bits per heavy atom. The maximum absolute atomic E-state index is 12.6. The van der Waals surface area contributed by atoms with E-state index in [0.29, 0.717) is 19.9 Å². The van der Waals surface area contributed by atoms with Crippen LogP contribution < -0.4 is 9.44 Å². The van der Waals surface area contributed by atoms with Crippen molar-refractivity contribution in [2.75, 3.05) is 0 Å². The Hall–Kier alpha value is -1.18. The van der Waals surface area contributed by atoms with E-state index in [1.807, 2.05) is 0 Å². The summed E-state index contributed by atoms with van der Waals surface area (Å²) in [6, 6.07) is -2.31. The van der Waals surface area contributed by atoms with E-state index in [1.165, 1.54) is 32.0 Å². The van der Waals surface area contributed by atoms with Gasteiger partial charge in [0, 0.05) is 10.5 Å². The Morgan fingerprint density at radius 2 is 1.29 bits per heavy atom. The molecule has 2 unspecified atom stereocenters. The summed E-state index contributed by atoms with van der Waals surface area (Å²) in [5, 5.41) is 7.42. The first-order chi connectivity index (χ1) is 13.6. The van der Waals surface area contributed by atoms with Crippen LogP contribution in [0.3, 0.4) is 0 Å². The minimum atomic E-state index is -5.04. The number of alkyl halides is 6. The van der Waals surface area contributed by atoms with Crippen molar-refractivity contribution in [2.24, 2.45) is 0 Å². The van der Waals surface area contributed by atoms with Gasteiger partial charge in [0.15, 0.2) is 0 Å². The number of aliphatic carboxylic acids is 1. The molecule has 0 spiro atoms. The maximum Gasteiger partial charge on any atom is 0.404 e. The Bertz CT molecular complexity index is 992. The average Bonchev–Trinajstić information content (AvgIpc) is 2.51. The molecule has 0 aliphatic carbocycles. The van der Waals surface area contributed by atoms with E-state index >= 15 is 0 Å². The smallest absolute Gasteiger partial charge is 0.404 e. The highest BCUT2D eigenvalue weighted by atomic mass is 127. The van der Waals surface area contributed by atoms with Crippen molar-refractivity contribution in [3.8, 4) is 0 Å². The molecule has 180 valence electrons. The van der Waals surface area contributed by atoms with Gasteiger partial charge in [0.25, 0.3) is 5.97 Å². The van der Waals surface area contributed by atoms with Crippen molar-refractivity contribution in [1.82, 2.24) is 9.44 Å². The molecule has 0 saturated carbocycles. The van der Waals surface area contributed by atoms with Crippen molar-refractivity contribution in [1.29, 1.82) is 0 Å². The molecule has 0 radical (unpaired) electrons. The van der Waals surface area contributed by atoms with Crippen LogP contribution in [0, 0.1) is 3.57 Å². The average molecular weight is 614 g/mol. The Kier molecular flexibility index (Phi) is 10.2. The fraction of sp³-hybridized carbons (Fsp3) is 0.500. The Morgan fingerprint density at radius 1 is 0.935 bits per heavy atom. The summed E-state index contributed by atoms with van der Waals surface area (Å²) in [6.45, 7) is 2.06. The zero-order chi connectivity index (χ0) is 25.0. The van der Waals surface area contributed by atoms with Crippen LogP contribution in [-0.4, -0.2) is 52.3 Å². The lowest BCUT2D eigenvalue weighted by atomic mass is 10.4. The van der Waals surface area contributed by atoms with Gasteiger partial charge in [-0.1, -0.05) is 6.07 Å². The molecule has 17 heteroatoms. The number of halogens is 7. The van der Waals surface area contributed by atoms with Crippen LogP contribution >= 0.6 is 22.6 Å². The molecule has 0 aliphatic rings. The summed E-state index contributed by atoms with van der Waals surface area (Å²) < 4.78 is 127. The van der Waals surface area contributed by atoms with Gasteiger partial charge >= 0.3 is 12.4 Å². The van der Waals surface area contributed by atoms with Crippen LogP contribution in [0.2, 0.25) is 0 Å². The molecule has 0 fully saturated rings. The van der Waals surface area contributed by atoms with Crippen molar-refractivity contribution in [2.45, 2.75) is 55.0 Å². The van der Waals surface area contributed by atoms with E-state index in [0.717, 1.165) is 19.1 Å². The van der Waals surface area contributed by atoms with Crippen LogP contribution in [0.15, 0.2) is 28.0 Å². The first kappa shape index (κ1) is 29.8. The third-order valence-corrected chi connectivity index (χ3v) is 7.75. The molecule has 0 aliphatic heterocycles. The second-order valence-corrected chi connectivity index (χ2v) is 10.4. The van der Waals surface area contributed by atoms with E-state index in [9.17, 15) is 43.2 Å². The molecule has 0 heterocycles. The third kappa shape index (κ3) is 9.46. The van der Waals surface area contributed by atoms with Crippen LogP contribution in [0.5, 0.6) is 0 Å². The fourth-order valence-electron chi connectivity index (χ4n) is 1.68. The normalized spacial score (nSPS) is 14.9. The second-order valence-electron chi connectivity index (χ2n) is 5.86. The van der Waals surface area contributed by atoms with Crippen molar-refractivity contribution < 1.29 is 53.1 Å². The number of rotatable bonds is 6. The molecule has 0 amide bonds. The Labute approximate surface area is 187 Å². The lowest BCUT2D eigenvalue weighted by Crippen LogP contribution is -2.45. The van der Waals surface area contributed by atoms with Gasteiger partial charge in [0.2, 0.25) is 20.0 Å². The van der Waals surface area contributed by atoms with E-state index in [1.54, 1.807) is 0 Å². The zero-order valence-electron chi connectivity index (χ0n) is 15.8. The molecule has 31 heavy (non-hydrogen) atoms. The van der Waals surface area contributed by atoms with E-state index in [-0.39, 0.29) is 3.57 Å². The van der Waals surface area contributed by atoms with E-state index in [4.69, 9.17) is 9.90 Å². The molecule has 0 aromatic heterocycles. The van der Waals surface area contributed by atoms with E-state index in [2.05, 4.69) is 0 Å². The summed E-state index contributed by atoms with van der Waals surface area (Å²) in [7, 11) is -10.1. The summed E-state index contributed by atoms with van der Waals surface area (Å²) in [5.41, 5.74) is 0. The fourth-order valence-corrected chi connectivity index (χ4v) is 6.60. The zero-order valence-corrected chi connectivity index (χ0v) is 19.6. The number of hydrogen-bond acceptors (Lipinski definition) is 5. The minimum Gasteiger partial charge on any atom is -0.481 e. The molecular formula is C14H17F6IN2O6S2. The molecule has 2 atom stereocenters. The third-order valence-electron chi connectivity index (χ3n) is 3.13. The van der Waals surface area contributed by atoms with Gasteiger partial charge < -0.3 is 5.11 Å². The highest BCUT2D eigenvalue weighted by Gasteiger charge is 2.42. The number of carbonyl (C=O) groups is 1. The molecule has 8 nitrogen and oxygen atoms in total. The molecule has 0 bridgehead atoms. The predicted molar refractivity (Wildman–Crippen MR) is 104 cm³/mol. The van der Waals surface area contributed by atoms with Crippen molar-refractivity contribution in [3.05, 3.63) is 21.8 Å². The van der Waals surface area contributed by atoms with Gasteiger partial charge in [-0.15, -0.1) is 0 Å². The van der Waals surface area contributed by atoms with E-state index < -0.39 is 60.2 Å². The SMILES string of the molecule is CC(=O)O.CC(NS(=O)(=O)c1cccc(I)c1S(=O)(=O)NC(C)C(F)(F)F)C(F)(F)F. The Balaban J connectivity index is 0.00000206. The highest BCUT2D eigenvalue weighted by molar-refractivity contribution is 14.1. The van der Waals surface area contributed by atoms with Crippen LogP contribution in [0.1, 0.15) is 20.8 Å². The second kappa shape index (κ2) is 10.6. The summed E-state index contributed by atoms with van der Waals surface area (Å²) in [4.78, 5) is 6.82. The molecule has 0 saturated heterocycles. The monoisotopic (exact) mass is 614 g/mol. The highest BCUT2D eigenvalue weighted by Crippen LogP contribution is 2.29. The standard InChI is InChI=1S/C12H13F6IN2O4S2.C2H4O2/c1-6(11(13,14)15)20-26(22,23)9-5-3-4-8(19)10(9)27(24,25)21-7(2)12(16,17)18;1-2(3)4/h3-7,20-21H,1-2H3;1H3,(H,3,4). The summed E-state index contributed by atoms with van der Waals surface area (Å²) >= 11 is 1.35. The lowest BCUT2D eigenvalue weighted by molar-refractivity contribution is -0.147. The summed E-state index contributed by atoms with van der Waals surface area (Å²) in [5.74, 6) is -0.833. The molecule has 1 aromatic rings. The molecule has 1 aromatic carbocycles. The van der Waals surface area contributed by atoms with Gasteiger partial charge in [0.1, 0.15) is 21.9 Å². The van der Waals surface area contributed by atoms with Gasteiger partial charge in [-0.2, -0.15) is 35.8 Å². The van der Waals surface area contributed by atoms with Gasteiger partial charge in [-0.3, -0.25) is 4.79 Å². The first-order valence-corrected chi connectivity index (χ1v) is 11.8. The van der Waals surface area contributed by atoms with Gasteiger partial charge in [-0.05, 0) is 48.6 Å². The van der Waals surface area contributed by atoms with Crippen LogP contribution in [0.4, 0.5) is 26.3 Å².